The second-order valence-corrected chi connectivity index (χ2v) is 8.69. The predicted molar refractivity (Wildman–Crippen MR) is 113 cm³/mol. The van der Waals surface area contributed by atoms with Crippen LogP contribution >= 0.6 is 0 Å². The Hall–Kier alpha value is -2.91. The van der Waals surface area contributed by atoms with Gasteiger partial charge in [0.15, 0.2) is 5.82 Å². The van der Waals surface area contributed by atoms with Crippen molar-refractivity contribution in [3.63, 3.8) is 0 Å². The molecule has 1 aliphatic heterocycles. The highest BCUT2D eigenvalue weighted by molar-refractivity contribution is 7.92. The number of para-hydroxylation sites is 1. The average molecular weight is 430 g/mol. The van der Waals surface area contributed by atoms with Gasteiger partial charge in [-0.3, -0.25) is 0 Å². The van der Waals surface area contributed by atoms with Crippen LogP contribution in [0.4, 0.5) is 14.6 Å². The smallest absolute Gasteiger partial charge is 0.297 e. The zero-order chi connectivity index (χ0) is 21.1. The molecule has 2 aromatic carbocycles. The topological polar surface area (TPSA) is 66.4 Å². The highest BCUT2D eigenvalue weighted by Crippen LogP contribution is 2.28. The molecule has 1 aromatic heterocycles. The fraction of sp³-hybridized carbons (Fsp3) is 0.238. The Morgan fingerprint density at radius 3 is 2.27 bits per heavy atom. The number of nitrogens with zero attached hydrogens (tertiary/aromatic N) is 4. The third-order valence-corrected chi connectivity index (χ3v) is 6.49. The number of benzene rings is 2. The van der Waals surface area contributed by atoms with E-state index < -0.39 is 22.3 Å². The van der Waals surface area contributed by atoms with Crippen molar-refractivity contribution < 1.29 is 17.2 Å². The van der Waals surface area contributed by atoms with Gasteiger partial charge >= 0.3 is 0 Å². The summed E-state index contributed by atoms with van der Waals surface area (Å²) in [5.41, 5.74) is 1.24. The highest BCUT2D eigenvalue weighted by Gasteiger charge is 2.27. The quantitative estimate of drug-likeness (QED) is 0.618. The van der Waals surface area contributed by atoms with Crippen LogP contribution in [0.25, 0.3) is 17.0 Å². The lowest BCUT2D eigenvalue weighted by Crippen LogP contribution is -2.48. The van der Waals surface area contributed by atoms with Gasteiger partial charge < -0.3 is 4.90 Å². The van der Waals surface area contributed by atoms with Crippen LogP contribution in [0, 0.1) is 0 Å². The van der Waals surface area contributed by atoms with Gasteiger partial charge in [0.2, 0.25) is 10.0 Å². The molecule has 3 aromatic rings. The van der Waals surface area contributed by atoms with Gasteiger partial charge in [0.1, 0.15) is 5.82 Å². The first-order valence-corrected chi connectivity index (χ1v) is 11.0. The summed E-state index contributed by atoms with van der Waals surface area (Å²) < 4.78 is 53.2. The lowest BCUT2D eigenvalue weighted by molar-refractivity contribution is 0.141. The lowest BCUT2D eigenvalue weighted by atomic mass is 10.2. The molecule has 156 valence electrons. The van der Waals surface area contributed by atoms with Crippen molar-refractivity contribution in [3.05, 3.63) is 71.4 Å². The Labute approximate surface area is 173 Å². The van der Waals surface area contributed by atoms with Gasteiger partial charge in [-0.2, -0.15) is 4.31 Å². The average Bonchev–Trinajstić information content (AvgIpc) is 2.78. The monoisotopic (exact) mass is 430 g/mol. The van der Waals surface area contributed by atoms with E-state index in [9.17, 15) is 17.2 Å². The van der Waals surface area contributed by atoms with Crippen LogP contribution in [0.5, 0.6) is 0 Å². The molecule has 0 spiro atoms. The number of piperazine rings is 1. The van der Waals surface area contributed by atoms with Crippen LogP contribution < -0.4 is 4.90 Å². The number of anilines is 1. The molecule has 1 aliphatic rings. The van der Waals surface area contributed by atoms with Crippen molar-refractivity contribution in [2.75, 3.05) is 31.1 Å². The molecule has 4 rings (SSSR count). The van der Waals surface area contributed by atoms with Crippen LogP contribution in [-0.2, 0) is 10.0 Å². The molecule has 0 saturated carbocycles. The Balaban J connectivity index is 1.53. The van der Waals surface area contributed by atoms with Crippen molar-refractivity contribution in [2.24, 2.45) is 0 Å². The third kappa shape index (κ3) is 4.31. The van der Waals surface area contributed by atoms with Crippen LogP contribution in [0.3, 0.4) is 0 Å². The van der Waals surface area contributed by atoms with Gasteiger partial charge in [-0.05, 0) is 23.8 Å². The fourth-order valence-corrected chi connectivity index (χ4v) is 4.56. The minimum atomic E-state index is -3.58. The van der Waals surface area contributed by atoms with E-state index in [1.165, 1.54) is 9.71 Å². The molecular weight excluding hydrogens is 410 g/mol. The number of halogens is 2. The minimum absolute atomic E-state index is 0.240. The first kappa shape index (κ1) is 20.4. The van der Waals surface area contributed by atoms with E-state index in [4.69, 9.17) is 0 Å². The zero-order valence-electron chi connectivity index (χ0n) is 16.0. The van der Waals surface area contributed by atoms with E-state index in [1.54, 1.807) is 30.3 Å². The van der Waals surface area contributed by atoms with Crippen molar-refractivity contribution in [3.8, 4) is 0 Å². The van der Waals surface area contributed by atoms with Crippen LogP contribution in [0.1, 0.15) is 17.8 Å². The van der Waals surface area contributed by atoms with Crippen LogP contribution in [0.2, 0.25) is 0 Å². The summed E-state index contributed by atoms with van der Waals surface area (Å²) in [6, 6.07) is 16.2. The Kier molecular flexibility index (Phi) is 5.74. The molecule has 30 heavy (non-hydrogen) atoms. The first-order valence-electron chi connectivity index (χ1n) is 9.47. The highest BCUT2D eigenvalue weighted by atomic mass is 32.2. The maximum atomic E-state index is 13.2. The lowest BCUT2D eigenvalue weighted by Gasteiger charge is -2.34. The van der Waals surface area contributed by atoms with E-state index in [0.717, 1.165) is 5.56 Å². The molecular formula is C21H20F2N4O2S. The SMILES string of the molecule is O=S(=O)(/C=C/c1ccccc1)N1CCN(c2nc(C(F)F)nc3ccccc23)CC1. The summed E-state index contributed by atoms with van der Waals surface area (Å²) in [6.07, 6.45) is -1.22. The number of alkyl halides is 2. The molecule has 0 unspecified atom stereocenters. The molecule has 9 heteroatoms. The standard InChI is InChI=1S/C21H20F2N4O2S/c22-19(23)20-24-18-9-5-4-8-17(18)21(25-20)26-11-13-27(14-12-26)30(28,29)15-10-16-6-2-1-3-7-16/h1-10,15,19H,11-14H2/b15-10+. The molecule has 1 saturated heterocycles. The maximum Gasteiger partial charge on any atom is 0.297 e. The van der Waals surface area contributed by atoms with E-state index in [-0.39, 0.29) is 13.1 Å². The molecule has 0 radical (unpaired) electrons. The summed E-state index contributed by atoms with van der Waals surface area (Å²) in [4.78, 5) is 9.84. The fourth-order valence-electron chi connectivity index (χ4n) is 3.39. The Morgan fingerprint density at radius 1 is 0.900 bits per heavy atom. The molecule has 2 heterocycles. The molecule has 0 atom stereocenters. The normalized spacial score (nSPS) is 16.0. The second-order valence-electron chi connectivity index (χ2n) is 6.87. The molecule has 0 bridgehead atoms. The van der Waals surface area contributed by atoms with Gasteiger partial charge in [0, 0.05) is 37.0 Å². The van der Waals surface area contributed by atoms with Crippen molar-refractivity contribution in [1.29, 1.82) is 0 Å². The molecule has 0 amide bonds. The number of hydrogen-bond acceptors (Lipinski definition) is 5. The number of rotatable bonds is 5. The zero-order valence-corrected chi connectivity index (χ0v) is 16.8. The minimum Gasteiger partial charge on any atom is -0.353 e. The molecule has 6 nitrogen and oxygen atoms in total. The molecule has 0 aliphatic carbocycles. The number of sulfonamides is 1. The first-order chi connectivity index (χ1) is 14.4. The van der Waals surface area contributed by atoms with Crippen LogP contribution in [0.15, 0.2) is 60.0 Å². The Morgan fingerprint density at radius 2 is 1.57 bits per heavy atom. The van der Waals surface area contributed by atoms with Gasteiger partial charge in [-0.15, -0.1) is 0 Å². The summed E-state index contributed by atoms with van der Waals surface area (Å²) in [7, 11) is -3.58. The van der Waals surface area contributed by atoms with E-state index in [2.05, 4.69) is 9.97 Å². The van der Waals surface area contributed by atoms with Crippen molar-refractivity contribution in [1.82, 2.24) is 14.3 Å². The number of fused-ring (bicyclic) bond motifs is 1. The van der Waals surface area contributed by atoms with Crippen LogP contribution in [-0.4, -0.2) is 48.9 Å². The summed E-state index contributed by atoms with van der Waals surface area (Å²) in [6.45, 7) is 1.18. The summed E-state index contributed by atoms with van der Waals surface area (Å²) in [5.74, 6) is -0.114. The second kappa shape index (κ2) is 8.45. The summed E-state index contributed by atoms with van der Waals surface area (Å²) >= 11 is 0. The van der Waals surface area contributed by atoms with Gasteiger partial charge in [0.05, 0.1) is 5.52 Å². The maximum absolute atomic E-state index is 13.2. The predicted octanol–water partition coefficient (Wildman–Crippen LogP) is 3.69. The van der Waals surface area contributed by atoms with E-state index in [1.807, 2.05) is 35.2 Å². The van der Waals surface area contributed by atoms with Gasteiger partial charge in [-0.25, -0.2) is 27.2 Å². The van der Waals surface area contributed by atoms with Crippen molar-refractivity contribution in [2.45, 2.75) is 6.43 Å². The molecule has 1 fully saturated rings. The van der Waals surface area contributed by atoms with Gasteiger partial charge in [-0.1, -0.05) is 42.5 Å². The Bertz CT molecular complexity index is 1160. The molecule has 0 N–H and O–H groups in total. The number of hydrogen-bond donors (Lipinski definition) is 0. The largest absolute Gasteiger partial charge is 0.353 e. The van der Waals surface area contributed by atoms with Gasteiger partial charge in [0.25, 0.3) is 6.43 Å². The third-order valence-electron chi connectivity index (χ3n) is 4.93. The summed E-state index contributed by atoms with van der Waals surface area (Å²) in [5, 5.41) is 1.87. The van der Waals surface area contributed by atoms with E-state index >= 15 is 0 Å². The van der Waals surface area contributed by atoms with Crippen molar-refractivity contribution >= 4 is 32.8 Å². The number of aromatic nitrogens is 2. The van der Waals surface area contributed by atoms with E-state index in [0.29, 0.717) is 29.8 Å².